The molecule has 0 aliphatic rings. The van der Waals surface area contributed by atoms with Crippen LogP contribution in [0.2, 0.25) is 10.0 Å². The summed E-state index contributed by atoms with van der Waals surface area (Å²) in [5, 5.41) is 22.2. The van der Waals surface area contributed by atoms with E-state index in [4.69, 9.17) is 23.2 Å². The Bertz CT molecular complexity index is 968. The van der Waals surface area contributed by atoms with Crippen molar-refractivity contribution in [2.45, 2.75) is 13.1 Å². The van der Waals surface area contributed by atoms with Gasteiger partial charge in [0, 0.05) is 22.3 Å². The van der Waals surface area contributed by atoms with Gasteiger partial charge in [-0.15, -0.1) is 0 Å². The highest BCUT2D eigenvalue weighted by atomic mass is 35.5. The lowest BCUT2D eigenvalue weighted by Crippen LogP contribution is -2.19. The molecule has 2 aromatic heterocycles. The fraction of sp³-hybridized carbons (Fsp3) is 0.133. The van der Waals surface area contributed by atoms with Crippen molar-refractivity contribution in [3.05, 3.63) is 68.4 Å². The number of anilines is 1. The number of nitrogens with zero attached hydrogens (tertiary/aromatic N) is 5. The molecule has 0 bridgehead atoms. The van der Waals surface area contributed by atoms with E-state index in [0.29, 0.717) is 22.4 Å². The van der Waals surface area contributed by atoms with Gasteiger partial charge in [-0.05, 0) is 22.6 Å². The number of carbonyl (C=O) groups is 1. The summed E-state index contributed by atoms with van der Waals surface area (Å²) < 4.78 is 2.79. The van der Waals surface area contributed by atoms with E-state index in [1.807, 2.05) is 0 Å². The molecule has 0 fully saturated rings. The summed E-state index contributed by atoms with van der Waals surface area (Å²) in [4.78, 5) is 22.0. The van der Waals surface area contributed by atoms with Gasteiger partial charge in [0.1, 0.15) is 6.54 Å². The molecule has 11 heteroatoms. The van der Waals surface area contributed by atoms with Gasteiger partial charge in [-0.1, -0.05) is 29.3 Å². The van der Waals surface area contributed by atoms with E-state index < -0.39 is 10.8 Å². The van der Waals surface area contributed by atoms with Crippen LogP contribution >= 0.6 is 23.2 Å². The zero-order chi connectivity index (χ0) is 18.7. The van der Waals surface area contributed by atoms with Gasteiger partial charge in [0.2, 0.25) is 5.91 Å². The van der Waals surface area contributed by atoms with Crippen LogP contribution in [0, 0.1) is 10.1 Å². The van der Waals surface area contributed by atoms with Gasteiger partial charge >= 0.3 is 5.82 Å². The molecule has 0 unspecified atom stereocenters. The number of nitrogens with one attached hydrogen (secondary N) is 1. The van der Waals surface area contributed by atoms with Crippen LogP contribution in [0.1, 0.15) is 5.56 Å². The summed E-state index contributed by atoms with van der Waals surface area (Å²) in [6.45, 7) is 0.251. The highest BCUT2D eigenvalue weighted by molar-refractivity contribution is 6.35. The molecule has 26 heavy (non-hydrogen) atoms. The van der Waals surface area contributed by atoms with E-state index in [-0.39, 0.29) is 12.4 Å². The second kappa shape index (κ2) is 7.54. The molecule has 2 heterocycles. The number of benzene rings is 1. The maximum Gasteiger partial charge on any atom is 0.389 e. The maximum atomic E-state index is 12.0. The predicted octanol–water partition coefficient (Wildman–Crippen LogP) is 2.98. The van der Waals surface area contributed by atoms with Crippen molar-refractivity contribution in [3.8, 4) is 0 Å². The average molecular weight is 395 g/mol. The lowest BCUT2D eigenvalue weighted by Gasteiger charge is -2.05. The van der Waals surface area contributed by atoms with E-state index in [2.05, 4.69) is 15.5 Å². The molecule has 0 saturated carbocycles. The van der Waals surface area contributed by atoms with Crippen molar-refractivity contribution in [1.82, 2.24) is 19.6 Å². The molecule has 1 amide bonds. The number of rotatable bonds is 6. The maximum absolute atomic E-state index is 12.0. The van der Waals surface area contributed by atoms with Gasteiger partial charge < -0.3 is 15.4 Å². The first-order valence-corrected chi connectivity index (χ1v) is 8.11. The fourth-order valence-electron chi connectivity index (χ4n) is 2.21. The molecule has 0 aliphatic heterocycles. The van der Waals surface area contributed by atoms with Crippen molar-refractivity contribution in [2.24, 2.45) is 0 Å². The molecule has 134 valence electrons. The number of nitro groups is 1. The molecule has 0 spiro atoms. The van der Waals surface area contributed by atoms with Gasteiger partial charge in [0.25, 0.3) is 0 Å². The minimum atomic E-state index is -0.627. The number of aromatic nitrogens is 4. The topological polar surface area (TPSA) is 108 Å². The molecule has 1 N–H and O–H groups in total. The monoisotopic (exact) mass is 394 g/mol. The SMILES string of the molecule is O=C(Cn1ccc([N+](=O)[O-])n1)Nc1ccn(Cc2ccc(Cl)cc2Cl)n1. The highest BCUT2D eigenvalue weighted by Crippen LogP contribution is 2.21. The van der Waals surface area contributed by atoms with Crippen molar-refractivity contribution in [1.29, 1.82) is 0 Å². The first-order chi connectivity index (χ1) is 12.4. The molecule has 0 radical (unpaired) electrons. The number of halogens is 2. The molecular formula is C15H12Cl2N6O3. The Hall–Kier alpha value is -2.91. The first kappa shape index (κ1) is 17.9. The minimum absolute atomic E-state index is 0.163. The van der Waals surface area contributed by atoms with Crippen LogP contribution < -0.4 is 5.32 Å². The second-order valence-corrected chi connectivity index (χ2v) is 6.15. The van der Waals surface area contributed by atoms with Crippen molar-refractivity contribution >= 4 is 40.7 Å². The predicted molar refractivity (Wildman–Crippen MR) is 95.3 cm³/mol. The third-order valence-electron chi connectivity index (χ3n) is 3.37. The summed E-state index contributed by atoms with van der Waals surface area (Å²) in [6.07, 6.45) is 3.05. The van der Waals surface area contributed by atoms with E-state index in [1.54, 1.807) is 35.1 Å². The minimum Gasteiger partial charge on any atom is -0.358 e. The van der Waals surface area contributed by atoms with Crippen LogP contribution in [0.15, 0.2) is 42.7 Å². The number of hydrogen-bond acceptors (Lipinski definition) is 5. The van der Waals surface area contributed by atoms with Crippen LogP contribution in [0.4, 0.5) is 11.6 Å². The molecule has 9 nitrogen and oxygen atoms in total. The highest BCUT2D eigenvalue weighted by Gasteiger charge is 2.14. The summed E-state index contributed by atoms with van der Waals surface area (Å²) in [5.74, 6) is -0.374. The largest absolute Gasteiger partial charge is 0.389 e. The van der Waals surface area contributed by atoms with Gasteiger partial charge in [-0.3, -0.25) is 9.48 Å². The summed E-state index contributed by atoms with van der Waals surface area (Å²) in [6, 6.07) is 8.03. The van der Waals surface area contributed by atoms with E-state index in [9.17, 15) is 14.9 Å². The van der Waals surface area contributed by atoms with E-state index >= 15 is 0 Å². The smallest absolute Gasteiger partial charge is 0.358 e. The normalized spacial score (nSPS) is 10.7. The van der Waals surface area contributed by atoms with Crippen LogP contribution in [-0.4, -0.2) is 30.4 Å². The quantitative estimate of drug-likeness (QED) is 0.510. The van der Waals surface area contributed by atoms with E-state index in [0.717, 1.165) is 5.56 Å². The van der Waals surface area contributed by atoms with Crippen molar-refractivity contribution in [3.63, 3.8) is 0 Å². The molecule has 0 atom stereocenters. The molecular weight excluding hydrogens is 383 g/mol. The third-order valence-corrected chi connectivity index (χ3v) is 3.96. The zero-order valence-corrected chi connectivity index (χ0v) is 14.7. The van der Waals surface area contributed by atoms with Crippen molar-refractivity contribution < 1.29 is 9.72 Å². The summed E-state index contributed by atoms with van der Waals surface area (Å²) in [7, 11) is 0. The lowest BCUT2D eigenvalue weighted by atomic mass is 10.2. The Kier molecular flexibility index (Phi) is 5.19. The Morgan fingerprint density at radius 1 is 1.15 bits per heavy atom. The summed E-state index contributed by atoms with van der Waals surface area (Å²) in [5.41, 5.74) is 0.834. The second-order valence-electron chi connectivity index (χ2n) is 5.31. The molecule has 1 aromatic carbocycles. The van der Waals surface area contributed by atoms with Crippen LogP contribution in [0.3, 0.4) is 0 Å². The van der Waals surface area contributed by atoms with Crippen LogP contribution in [-0.2, 0) is 17.9 Å². The molecule has 3 rings (SSSR count). The number of carbonyl (C=O) groups excluding carboxylic acids is 1. The van der Waals surface area contributed by atoms with Crippen LogP contribution in [0.25, 0.3) is 0 Å². The first-order valence-electron chi connectivity index (χ1n) is 7.36. The Labute approximate surface area is 157 Å². The summed E-state index contributed by atoms with van der Waals surface area (Å²) >= 11 is 12.0. The van der Waals surface area contributed by atoms with Crippen molar-refractivity contribution in [2.75, 3.05) is 5.32 Å². The molecule has 3 aromatic rings. The van der Waals surface area contributed by atoms with Gasteiger partial charge in [0.05, 0.1) is 23.9 Å². The van der Waals surface area contributed by atoms with Gasteiger partial charge in [-0.25, -0.2) is 0 Å². The lowest BCUT2D eigenvalue weighted by molar-refractivity contribution is -0.389. The zero-order valence-electron chi connectivity index (χ0n) is 13.2. The van der Waals surface area contributed by atoms with Gasteiger partial charge in [-0.2, -0.15) is 9.78 Å². The van der Waals surface area contributed by atoms with Crippen LogP contribution in [0.5, 0.6) is 0 Å². The van der Waals surface area contributed by atoms with E-state index in [1.165, 1.54) is 16.9 Å². The Morgan fingerprint density at radius 2 is 1.92 bits per heavy atom. The number of amides is 1. The third kappa shape index (κ3) is 4.38. The van der Waals surface area contributed by atoms with Gasteiger partial charge in [0.15, 0.2) is 5.82 Å². The fourth-order valence-corrected chi connectivity index (χ4v) is 2.68. The molecule has 0 saturated heterocycles. The Balaban J connectivity index is 1.60. The average Bonchev–Trinajstić information content (AvgIpc) is 3.20. The standard InChI is InChI=1S/C15H12Cl2N6O3/c16-11-2-1-10(12(17)7-11)8-21-5-3-13(19-21)18-15(24)9-22-6-4-14(20-22)23(25)26/h1-7H,8-9H2,(H,18,19,24). The number of hydrogen-bond donors (Lipinski definition) is 1. The molecule has 0 aliphatic carbocycles. The Morgan fingerprint density at radius 3 is 2.62 bits per heavy atom.